The molecule has 1 aromatic carbocycles. The van der Waals surface area contributed by atoms with Crippen LogP contribution in [0.4, 0.5) is 5.95 Å². The number of aliphatic hydroxyl groups excluding tert-OH is 1. The zero-order valence-corrected chi connectivity index (χ0v) is 8.47. The quantitative estimate of drug-likeness (QED) is 0.573. The van der Waals surface area contributed by atoms with Gasteiger partial charge in [0.05, 0.1) is 17.6 Å². The highest BCUT2D eigenvalue weighted by atomic mass is 16.3. The van der Waals surface area contributed by atoms with Crippen molar-refractivity contribution in [1.29, 1.82) is 0 Å². The van der Waals surface area contributed by atoms with Crippen LogP contribution in [-0.4, -0.2) is 33.6 Å². The van der Waals surface area contributed by atoms with Crippen LogP contribution in [0.15, 0.2) is 24.3 Å². The van der Waals surface area contributed by atoms with E-state index in [1.54, 1.807) is 0 Å². The van der Waals surface area contributed by atoms with Gasteiger partial charge in [0.2, 0.25) is 11.9 Å². The molecule has 0 fully saturated rings. The van der Waals surface area contributed by atoms with E-state index in [1.807, 2.05) is 24.3 Å². The minimum atomic E-state index is -1.21. The summed E-state index contributed by atoms with van der Waals surface area (Å²) in [6.07, 6.45) is -1.21. The number of amides is 1. The molecule has 1 amide bonds. The molecular weight excluding hydrogens is 208 g/mol. The molecule has 0 saturated carbocycles. The van der Waals surface area contributed by atoms with Crippen LogP contribution in [0.3, 0.4) is 0 Å². The van der Waals surface area contributed by atoms with Gasteiger partial charge in [-0.25, -0.2) is 4.98 Å². The van der Waals surface area contributed by atoms with Crippen LogP contribution in [0.1, 0.15) is 0 Å². The van der Waals surface area contributed by atoms with Crippen LogP contribution in [-0.2, 0) is 4.79 Å². The Kier molecular flexibility index (Phi) is 2.74. The molecule has 1 atom stereocenters. The van der Waals surface area contributed by atoms with Crippen molar-refractivity contribution >= 4 is 22.9 Å². The van der Waals surface area contributed by atoms with Crippen LogP contribution in [0.2, 0.25) is 0 Å². The van der Waals surface area contributed by atoms with Crippen LogP contribution in [0.25, 0.3) is 11.0 Å². The molecule has 0 saturated heterocycles. The third-order valence-electron chi connectivity index (χ3n) is 2.18. The van der Waals surface area contributed by atoms with E-state index in [4.69, 9.17) is 5.73 Å². The van der Waals surface area contributed by atoms with Crippen molar-refractivity contribution in [2.45, 2.75) is 6.10 Å². The molecule has 1 aromatic heterocycles. The second kappa shape index (κ2) is 4.19. The van der Waals surface area contributed by atoms with E-state index in [0.29, 0.717) is 5.95 Å². The van der Waals surface area contributed by atoms with Gasteiger partial charge in [-0.1, -0.05) is 12.1 Å². The SMILES string of the molecule is NC(=O)C(O)CNc1nc2ccccc2[nH]1. The number of rotatable bonds is 4. The minimum Gasteiger partial charge on any atom is -0.381 e. The van der Waals surface area contributed by atoms with Crippen LogP contribution in [0, 0.1) is 0 Å². The lowest BCUT2D eigenvalue weighted by molar-refractivity contribution is -0.125. The predicted octanol–water partition coefficient (Wildman–Crippen LogP) is -0.179. The number of hydrogen-bond donors (Lipinski definition) is 4. The molecule has 16 heavy (non-hydrogen) atoms. The number of aromatic amines is 1. The molecule has 2 aromatic rings. The molecule has 1 unspecified atom stereocenters. The summed E-state index contributed by atoms with van der Waals surface area (Å²) < 4.78 is 0. The summed E-state index contributed by atoms with van der Waals surface area (Å²) in [4.78, 5) is 17.8. The molecular formula is C10H12N4O2. The highest BCUT2D eigenvalue weighted by molar-refractivity contribution is 5.79. The molecule has 0 spiro atoms. The van der Waals surface area contributed by atoms with Gasteiger partial charge in [-0.2, -0.15) is 0 Å². The number of nitrogens with two attached hydrogens (primary N) is 1. The van der Waals surface area contributed by atoms with Crippen LogP contribution < -0.4 is 11.1 Å². The van der Waals surface area contributed by atoms with Crippen molar-refractivity contribution in [1.82, 2.24) is 9.97 Å². The minimum absolute atomic E-state index is 0.0369. The van der Waals surface area contributed by atoms with Crippen molar-refractivity contribution < 1.29 is 9.90 Å². The number of nitrogens with one attached hydrogen (secondary N) is 2. The first-order valence-corrected chi connectivity index (χ1v) is 4.83. The Labute approximate surface area is 91.5 Å². The number of carbonyl (C=O) groups is 1. The summed E-state index contributed by atoms with van der Waals surface area (Å²) in [5.41, 5.74) is 6.62. The van der Waals surface area contributed by atoms with Crippen molar-refractivity contribution in [2.75, 3.05) is 11.9 Å². The van der Waals surface area contributed by atoms with E-state index < -0.39 is 12.0 Å². The maximum Gasteiger partial charge on any atom is 0.248 e. The normalized spacial score (nSPS) is 12.6. The summed E-state index contributed by atoms with van der Waals surface area (Å²) in [6, 6.07) is 7.52. The summed E-state index contributed by atoms with van der Waals surface area (Å²) in [7, 11) is 0. The summed E-state index contributed by atoms with van der Waals surface area (Å²) in [6.45, 7) is 0.0369. The van der Waals surface area contributed by atoms with Crippen molar-refractivity contribution in [2.24, 2.45) is 5.73 Å². The van der Waals surface area contributed by atoms with Gasteiger partial charge < -0.3 is 21.1 Å². The number of fused-ring (bicyclic) bond motifs is 1. The Morgan fingerprint density at radius 2 is 2.31 bits per heavy atom. The number of primary amides is 1. The number of hydrogen-bond acceptors (Lipinski definition) is 4. The molecule has 0 aliphatic carbocycles. The Morgan fingerprint density at radius 3 is 3.00 bits per heavy atom. The standard InChI is InChI=1S/C10H12N4O2/c11-9(16)8(15)5-12-10-13-6-3-1-2-4-7(6)14-10/h1-4,8,15H,5H2,(H2,11,16)(H2,12,13,14). The average Bonchev–Trinajstić information content (AvgIpc) is 2.68. The molecule has 0 radical (unpaired) electrons. The van der Waals surface area contributed by atoms with Gasteiger partial charge in [-0.15, -0.1) is 0 Å². The van der Waals surface area contributed by atoms with Gasteiger partial charge in [0.15, 0.2) is 0 Å². The van der Waals surface area contributed by atoms with Crippen molar-refractivity contribution in [3.8, 4) is 0 Å². The lowest BCUT2D eigenvalue weighted by Crippen LogP contribution is -2.34. The fourth-order valence-corrected chi connectivity index (χ4v) is 1.33. The Bertz CT molecular complexity index is 475. The lowest BCUT2D eigenvalue weighted by Gasteiger charge is -2.06. The maximum atomic E-state index is 10.6. The van der Waals surface area contributed by atoms with Gasteiger partial charge in [-0.05, 0) is 12.1 Å². The first-order valence-electron chi connectivity index (χ1n) is 4.83. The zero-order chi connectivity index (χ0) is 11.5. The monoisotopic (exact) mass is 220 g/mol. The number of aromatic nitrogens is 2. The third kappa shape index (κ3) is 2.12. The smallest absolute Gasteiger partial charge is 0.248 e. The predicted molar refractivity (Wildman–Crippen MR) is 59.8 cm³/mol. The molecule has 2 rings (SSSR count). The first kappa shape index (κ1) is 10.4. The number of carbonyl (C=O) groups excluding carboxylic acids is 1. The van der Waals surface area contributed by atoms with E-state index in [-0.39, 0.29) is 6.54 Å². The van der Waals surface area contributed by atoms with E-state index in [1.165, 1.54) is 0 Å². The number of H-pyrrole nitrogens is 1. The largest absolute Gasteiger partial charge is 0.381 e. The highest BCUT2D eigenvalue weighted by Gasteiger charge is 2.10. The molecule has 6 nitrogen and oxygen atoms in total. The molecule has 0 bridgehead atoms. The Balaban J connectivity index is 2.07. The number of aliphatic hydroxyl groups is 1. The average molecular weight is 220 g/mol. The van der Waals surface area contributed by atoms with Crippen molar-refractivity contribution in [3.63, 3.8) is 0 Å². The van der Waals surface area contributed by atoms with Gasteiger partial charge in [0.25, 0.3) is 0 Å². The summed E-state index contributed by atoms with van der Waals surface area (Å²) in [5, 5.41) is 12.0. The Morgan fingerprint density at radius 1 is 1.56 bits per heavy atom. The fraction of sp³-hybridized carbons (Fsp3) is 0.200. The van der Waals surface area contributed by atoms with Crippen LogP contribution >= 0.6 is 0 Å². The van der Waals surface area contributed by atoms with E-state index >= 15 is 0 Å². The number of para-hydroxylation sites is 2. The number of nitrogens with zero attached hydrogens (tertiary/aromatic N) is 1. The second-order valence-corrected chi connectivity index (χ2v) is 3.40. The summed E-state index contributed by atoms with van der Waals surface area (Å²) >= 11 is 0. The molecule has 6 heteroatoms. The number of benzene rings is 1. The van der Waals surface area contributed by atoms with Crippen molar-refractivity contribution in [3.05, 3.63) is 24.3 Å². The highest BCUT2D eigenvalue weighted by Crippen LogP contribution is 2.12. The molecule has 0 aliphatic rings. The topological polar surface area (TPSA) is 104 Å². The molecule has 84 valence electrons. The molecule has 0 aliphatic heterocycles. The van der Waals surface area contributed by atoms with Crippen LogP contribution in [0.5, 0.6) is 0 Å². The second-order valence-electron chi connectivity index (χ2n) is 3.40. The lowest BCUT2D eigenvalue weighted by atomic mass is 10.3. The van der Waals surface area contributed by atoms with Gasteiger partial charge >= 0.3 is 0 Å². The third-order valence-corrected chi connectivity index (χ3v) is 2.18. The van der Waals surface area contributed by atoms with E-state index in [0.717, 1.165) is 11.0 Å². The first-order chi connectivity index (χ1) is 7.66. The number of imidazole rings is 1. The van der Waals surface area contributed by atoms with E-state index in [9.17, 15) is 9.90 Å². The Hall–Kier alpha value is -2.08. The summed E-state index contributed by atoms with van der Waals surface area (Å²) in [5.74, 6) is -0.259. The molecule has 5 N–H and O–H groups in total. The van der Waals surface area contributed by atoms with Gasteiger partial charge in [0, 0.05) is 0 Å². The van der Waals surface area contributed by atoms with E-state index in [2.05, 4.69) is 15.3 Å². The van der Waals surface area contributed by atoms with Gasteiger partial charge in [-0.3, -0.25) is 4.79 Å². The van der Waals surface area contributed by atoms with Gasteiger partial charge in [0.1, 0.15) is 6.10 Å². The maximum absolute atomic E-state index is 10.6. The zero-order valence-electron chi connectivity index (χ0n) is 8.47. The fourth-order valence-electron chi connectivity index (χ4n) is 1.33. The number of anilines is 1. The molecule has 1 heterocycles.